The van der Waals surface area contributed by atoms with Crippen molar-refractivity contribution in [1.82, 2.24) is 25.0 Å². The van der Waals surface area contributed by atoms with Crippen molar-refractivity contribution >= 4 is 16.7 Å². The van der Waals surface area contributed by atoms with Crippen molar-refractivity contribution < 1.29 is 5.11 Å². The molecular formula is C13H14N6O. The average Bonchev–Trinajstić information content (AvgIpc) is 2.93. The monoisotopic (exact) mass is 270 g/mol. The number of aliphatic hydroxyl groups is 1. The number of anilines is 1. The van der Waals surface area contributed by atoms with Crippen LogP contribution >= 0.6 is 0 Å². The van der Waals surface area contributed by atoms with E-state index in [0.717, 1.165) is 22.4 Å². The van der Waals surface area contributed by atoms with Gasteiger partial charge in [-0.2, -0.15) is 0 Å². The van der Waals surface area contributed by atoms with Gasteiger partial charge < -0.3 is 10.4 Å². The number of fused-ring (bicyclic) bond motifs is 1. The maximum Gasteiger partial charge on any atom is 0.102 e. The zero-order valence-corrected chi connectivity index (χ0v) is 10.8. The molecule has 3 rings (SSSR count). The van der Waals surface area contributed by atoms with Crippen molar-refractivity contribution in [2.75, 3.05) is 11.9 Å². The number of aromatic nitrogens is 5. The summed E-state index contributed by atoms with van der Waals surface area (Å²) in [5, 5.41) is 20.0. The van der Waals surface area contributed by atoms with Gasteiger partial charge in [-0.1, -0.05) is 5.21 Å². The average molecular weight is 270 g/mol. The summed E-state index contributed by atoms with van der Waals surface area (Å²) in [6, 6.07) is 5.82. The maximum atomic E-state index is 8.82. The summed E-state index contributed by atoms with van der Waals surface area (Å²) in [4.78, 5) is 8.49. The quantitative estimate of drug-likeness (QED) is 0.713. The summed E-state index contributed by atoms with van der Waals surface area (Å²) in [6.45, 7) is 1.08. The molecule has 0 radical (unpaired) electrons. The van der Waals surface area contributed by atoms with E-state index >= 15 is 0 Å². The molecule has 102 valence electrons. The third kappa shape index (κ3) is 2.72. The second kappa shape index (κ2) is 5.62. The molecule has 2 heterocycles. The fraction of sp³-hybridized carbons (Fsp3) is 0.231. The second-order valence-electron chi connectivity index (χ2n) is 4.31. The van der Waals surface area contributed by atoms with Crippen LogP contribution in [0.4, 0.5) is 5.69 Å². The van der Waals surface area contributed by atoms with Crippen molar-refractivity contribution in [2.24, 2.45) is 0 Å². The molecule has 0 atom stereocenters. The highest BCUT2D eigenvalue weighted by Gasteiger charge is 2.02. The maximum absolute atomic E-state index is 8.82. The molecule has 0 aliphatic rings. The highest BCUT2D eigenvalue weighted by Crippen LogP contribution is 2.15. The molecule has 0 aliphatic carbocycles. The van der Waals surface area contributed by atoms with Crippen molar-refractivity contribution in [3.63, 3.8) is 0 Å². The highest BCUT2D eigenvalue weighted by atomic mass is 16.3. The minimum Gasteiger partial charge on any atom is -0.394 e. The van der Waals surface area contributed by atoms with Gasteiger partial charge in [0.05, 0.1) is 36.9 Å². The Kier molecular flexibility index (Phi) is 3.51. The number of hydrogen-bond donors (Lipinski definition) is 2. The molecule has 0 saturated carbocycles. The van der Waals surface area contributed by atoms with E-state index in [2.05, 4.69) is 25.6 Å². The third-order valence-corrected chi connectivity index (χ3v) is 2.86. The normalized spacial score (nSPS) is 10.8. The van der Waals surface area contributed by atoms with Crippen LogP contribution in [0.1, 0.15) is 5.69 Å². The highest BCUT2D eigenvalue weighted by molar-refractivity contribution is 5.78. The molecule has 0 saturated heterocycles. The van der Waals surface area contributed by atoms with Gasteiger partial charge in [-0.3, -0.25) is 9.97 Å². The molecule has 0 aliphatic heterocycles. The first-order valence-corrected chi connectivity index (χ1v) is 6.30. The van der Waals surface area contributed by atoms with E-state index in [1.165, 1.54) is 0 Å². The summed E-state index contributed by atoms with van der Waals surface area (Å²) in [7, 11) is 0. The van der Waals surface area contributed by atoms with Gasteiger partial charge in [0.25, 0.3) is 0 Å². The van der Waals surface area contributed by atoms with E-state index in [1.54, 1.807) is 17.1 Å². The topological polar surface area (TPSA) is 88.8 Å². The van der Waals surface area contributed by atoms with Gasteiger partial charge in [0.1, 0.15) is 5.69 Å². The van der Waals surface area contributed by atoms with Crippen LogP contribution in [-0.2, 0) is 13.1 Å². The third-order valence-electron chi connectivity index (χ3n) is 2.86. The Bertz CT molecular complexity index is 711. The molecule has 7 nitrogen and oxygen atoms in total. The van der Waals surface area contributed by atoms with E-state index in [1.807, 2.05) is 24.4 Å². The molecular weight excluding hydrogens is 256 g/mol. The van der Waals surface area contributed by atoms with E-state index in [4.69, 9.17) is 5.11 Å². The SMILES string of the molecule is OCCn1cc(CNc2ccc3nccnc3c2)nn1. The molecule has 0 amide bonds. The van der Waals surface area contributed by atoms with Crippen molar-refractivity contribution in [1.29, 1.82) is 0 Å². The van der Waals surface area contributed by atoms with Crippen LogP contribution in [0.5, 0.6) is 0 Å². The Morgan fingerprint density at radius 3 is 2.85 bits per heavy atom. The van der Waals surface area contributed by atoms with Crippen LogP contribution in [0, 0.1) is 0 Å². The molecule has 2 N–H and O–H groups in total. The molecule has 2 aromatic heterocycles. The van der Waals surface area contributed by atoms with Gasteiger partial charge in [0.2, 0.25) is 0 Å². The molecule has 1 aromatic carbocycles. The molecule has 0 bridgehead atoms. The van der Waals surface area contributed by atoms with Crippen LogP contribution in [-0.4, -0.2) is 36.7 Å². The van der Waals surface area contributed by atoms with Crippen LogP contribution in [0.25, 0.3) is 11.0 Å². The Balaban J connectivity index is 1.69. The molecule has 0 spiro atoms. The van der Waals surface area contributed by atoms with Crippen LogP contribution < -0.4 is 5.32 Å². The Morgan fingerprint density at radius 2 is 2.00 bits per heavy atom. The summed E-state index contributed by atoms with van der Waals surface area (Å²) < 4.78 is 1.61. The minimum atomic E-state index is 0.0551. The lowest BCUT2D eigenvalue weighted by Gasteiger charge is -2.04. The number of hydrogen-bond acceptors (Lipinski definition) is 6. The standard InChI is InChI=1S/C13H14N6O/c20-6-5-19-9-11(17-18-19)8-16-10-1-2-12-13(7-10)15-4-3-14-12/h1-4,7,9,16,20H,5-6,8H2. The van der Waals surface area contributed by atoms with E-state index in [0.29, 0.717) is 13.1 Å². The fourth-order valence-corrected chi connectivity index (χ4v) is 1.90. The van der Waals surface area contributed by atoms with Gasteiger partial charge in [0.15, 0.2) is 0 Å². The molecule has 3 aromatic rings. The van der Waals surface area contributed by atoms with Gasteiger partial charge in [-0.25, -0.2) is 4.68 Å². The number of nitrogens with zero attached hydrogens (tertiary/aromatic N) is 5. The van der Waals surface area contributed by atoms with Gasteiger partial charge in [-0.05, 0) is 18.2 Å². The largest absolute Gasteiger partial charge is 0.394 e. The van der Waals surface area contributed by atoms with Crippen LogP contribution in [0.2, 0.25) is 0 Å². The predicted molar refractivity (Wildman–Crippen MR) is 74.0 cm³/mol. The fourth-order valence-electron chi connectivity index (χ4n) is 1.90. The zero-order chi connectivity index (χ0) is 13.8. The number of rotatable bonds is 5. The first kappa shape index (κ1) is 12.5. The predicted octanol–water partition coefficient (Wildman–Crippen LogP) is 0.826. The molecule has 7 heteroatoms. The molecule has 0 fully saturated rings. The number of nitrogens with one attached hydrogen (secondary N) is 1. The zero-order valence-electron chi connectivity index (χ0n) is 10.8. The smallest absolute Gasteiger partial charge is 0.102 e. The van der Waals surface area contributed by atoms with Crippen molar-refractivity contribution in [2.45, 2.75) is 13.1 Å². The Labute approximate surface area is 115 Å². The first-order valence-electron chi connectivity index (χ1n) is 6.30. The molecule has 20 heavy (non-hydrogen) atoms. The van der Waals surface area contributed by atoms with E-state index in [-0.39, 0.29) is 6.61 Å². The molecule has 0 unspecified atom stereocenters. The Hall–Kier alpha value is -2.54. The van der Waals surface area contributed by atoms with Gasteiger partial charge in [-0.15, -0.1) is 5.10 Å². The lowest BCUT2D eigenvalue weighted by atomic mass is 10.2. The summed E-state index contributed by atoms with van der Waals surface area (Å²) >= 11 is 0. The van der Waals surface area contributed by atoms with Crippen molar-refractivity contribution in [3.05, 3.63) is 42.5 Å². The lowest BCUT2D eigenvalue weighted by molar-refractivity contribution is 0.268. The number of aliphatic hydroxyl groups excluding tert-OH is 1. The summed E-state index contributed by atoms with van der Waals surface area (Å²) in [6.07, 6.45) is 5.16. The Morgan fingerprint density at radius 1 is 1.15 bits per heavy atom. The summed E-state index contributed by atoms with van der Waals surface area (Å²) in [5.41, 5.74) is 3.49. The minimum absolute atomic E-state index is 0.0551. The van der Waals surface area contributed by atoms with Crippen LogP contribution in [0.15, 0.2) is 36.8 Å². The van der Waals surface area contributed by atoms with E-state index < -0.39 is 0 Å². The second-order valence-corrected chi connectivity index (χ2v) is 4.31. The van der Waals surface area contributed by atoms with E-state index in [9.17, 15) is 0 Å². The first-order chi connectivity index (χ1) is 9.85. The lowest BCUT2D eigenvalue weighted by Crippen LogP contribution is -2.02. The van der Waals surface area contributed by atoms with Gasteiger partial charge in [0, 0.05) is 18.1 Å². The van der Waals surface area contributed by atoms with Gasteiger partial charge >= 0.3 is 0 Å². The van der Waals surface area contributed by atoms with Crippen LogP contribution in [0.3, 0.4) is 0 Å². The number of benzene rings is 1. The van der Waals surface area contributed by atoms with Crippen molar-refractivity contribution in [3.8, 4) is 0 Å². The summed E-state index contributed by atoms with van der Waals surface area (Å²) in [5.74, 6) is 0.